The summed E-state index contributed by atoms with van der Waals surface area (Å²) in [5.74, 6) is -0.381. The van der Waals surface area contributed by atoms with Gasteiger partial charge >= 0.3 is 0 Å². The minimum atomic E-state index is -0.196. The summed E-state index contributed by atoms with van der Waals surface area (Å²) in [7, 11) is 0. The van der Waals surface area contributed by atoms with Gasteiger partial charge in [0, 0.05) is 42.1 Å². The third-order valence-electron chi connectivity index (χ3n) is 4.66. The number of carbonyl (C=O) groups excluding carboxylic acids is 2. The fourth-order valence-electron chi connectivity index (χ4n) is 3.15. The molecule has 0 spiro atoms. The summed E-state index contributed by atoms with van der Waals surface area (Å²) in [5, 5.41) is 5.61. The van der Waals surface area contributed by atoms with Crippen LogP contribution in [0.1, 0.15) is 40.0 Å². The van der Waals surface area contributed by atoms with Crippen molar-refractivity contribution in [2.75, 3.05) is 29.9 Å². The summed E-state index contributed by atoms with van der Waals surface area (Å²) in [6.45, 7) is 6.17. The van der Waals surface area contributed by atoms with Crippen LogP contribution in [-0.4, -0.2) is 31.4 Å². The van der Waals surface area contributed by atoms with Gasteiger partial charge in [0.05, 0.1) is 0 Å². The third kappa shape index (κ3) is 4.97. The summed E-state index contributed by atoms with van der Waals surface area (Å²) in [6.07, 6.45) is 5.40. The number of anilines is 2. The smallest absolute Gasteiger partial charge is 0.255 e. The fourth-order valence-corrected chi connectivity index (χ4v) is 3.15. The Morgan fingerprint density at radius 3 is 2.07 bits per heavy atom. The highest BCUT2D eigenvalue weighted by molar-refractivity contribution is 6.05. The first-order valence-corrected chi connectivity index (χ1v) is 9.33. The topological polar surface area (TPSA) is 61.4 Å². The van der Waals surface area contributed by atoms with Gasteiger partial charge in [-0.3, -0.25) is 9.59 Å². The summed E-state index contributed by atoms with van der Waals surface area (Å²) >= 11 is 0. The molecule has 0 saturated carbocycles. The number of benzene rings is 2. The molecule has 2 amide bonds. The van der Waals surface area contributed by atoms with Gasteiger partial charge in [0.25, 0.3) is 11.8 Å². The number of amides is 2. The van der Waals surface area contributed by atoms with Crippen molar-refractivity contribution in [1.29, 1.82) is 0 Å². The van der Waals surface area contributed by atoms with Gasteiger partial charge in [-0.15, -0.1) is 6.58 Å². The number of nitrogens with zero attached hydrogens (tertiary/aromatic N) is 1. The molecule has 1 saturated heterocycles. The Hall–Kier alpha value is -3.08. The SMILES string of the molecule is C=CCNC(=O)c1ccc(C(=O)Nc2ccc(N3CCCCC3)cc2)cc1. The summed E-state index contributed by atoms with van der Waals surface area (Å²) in [5.41, 5.74) is 2.98. The molecule has 140 valence electrons. The maximum absolute atomic E-state index is 12.4. The molecule has 1 heterocycles. The van der Waals surface area contributed by atoms with Crippen LogP contribution in [0.25, 0.3) is 0 Å². The van der Waals surface area contributed by atoms with Gasteiger partial charge < -0.3 is 15.5 Å². The van der Waals surface area contributed by atoms with Gasteiger partial charge in [0.1, 0.15) is 0 Å². The molecule has 3 rings (SSSR count). The molecule has 0 aliphatic carbocycles. The normalized spacial score (nSPS) is 13.7. The molecule has 27 heavy (non-hydrogen) atoms. The number of carbonyl (C=O) groups is 2. The van der Waals surface area contributed by atoms with E-state index >= 15 is 0 Å². The van der Waals surface area contributed by atoms with Gasteiger partial charge in [-0.25, -0.2) is 0 Å². The Morgan fingerprint density at radius 2 is 1.48 bits per heavy atom. The predicted octanol–water partition coefficient (Wildman–Crippen LogP) is 3.85. The largest absolute Gasteiger partial charge is 0.372 e. The minimum absolute atomic E-state index is 0.185. The van der Waals surface area contributed by atoms with Crippen LogP contribution < -0.4 is 15.5 Å². The molecule has 2 aromatic carbocycles. The second-order valence-corrected chi connectivity index (χ2v) is 6.62. The first-order chi connectivity index (χ1) is 13.2. The Bertz CT molecular complexity index is 791. The van der Waals surface area contributed by atoms with Crippen molar-refractivity contribution in [1.82, 2.24) is 5.32 Å². The third-order valence-corrected chi connectivity index (χ3v) is 4.66. The lowest BCUT2D eigenvalue weighted by molar-refractivity contribution is 0.0956. The van der Waals surface area contributed by atoms with Crippen LogP contribution in [0.2, 0.25) is 0 Å². The molecule has 1 aliphatic rings. The van der Waals surface area contributed by atoms with E-state index in [1.807, 2.05) is 24.3 Å². The molecular formula is C22H25N3O2. The maximum atomic E-state index is 12.4. The van der Waals surface area contributed by atoms with Crippen LogP contribution in [0.5, 0.6) is 0 Å². The van der Waals surface area contributed by atoms with E-state index in [1.165, 1.54) is 24.9 Å². The highest BCUT2D eigenvalue weighted by atomic mass is 16.2. The summed E-state index contributed by atoms with van der Waals surface area (Å²) in [6, 6.07) is 14.6. The van der Waals surface area contributed by atoms with Crippen molar-refractivity contribution in [2.45, 2.75) is 19.3 Å². The lowest BCUT2D eigenvalue weighted by Crippen LogP contribution is -2.29. The molecule has 0 aromatic heterocycles. The van der Waals surface area contributed by atoms with E-state index in [4.69, 9.17) is 0 Å². The van der Waals surface area contributed by atoms with Gasteiger partial charge in [0.15, 0.2) is 0 Å². The van der Waals surface area contributed by atoms with E-state index in [9.17, 15) is 9.59 Å². The monoisotopic (exact) mass is 363 g/mol. The Morgan fingerprint density at radius 1 is 0.889 bits per heavy atom. The van der Waals surface area contributed by atoms with Crippen molar-refractivity contribution in [2.24, 2.45) is 0 Å². The Labute approximate surface area is 160 Å². The fraction of sp³-hybridized carbons (Fsp3) is 0.273. The summed E-state index contributed by atoms with van der Waals surface area (Å²) < 4.78 is 0. The highest BCUT2D eigenvalue weighted by Crippen LogP contribution is 2.22. The first kappa shape index (κ1) is 18.7. The number of hydrogen-bond acceptors (Lipinski definition) is 3. The van der Waals surface area contributed by atoms with Crippen LogP contribution in [-0.2, 0) is 0 Å². The van der Waals surface area contributed by atoms with Gasteiger partial charge in [-0.05, 0) is 67.8 Å². The Kier molecular flexibility index (Phi) is 6.26. The quantitative estimate of drug-likeness (QED) is 0.767. The minimum Gasteiger partial charge on any atom is -0.372 e. The zero-order valence-corrected chi connectivity index (χ0v) is 15.4. The van der Waals surface area contributed by atoms with Crippen molar-refractivity contribution < 1.29 is 9.59 Å². The zero-order chi connectivity index (χ0) is 19.1. The highest BCUT2D eigenvalue weighted by Gasteiger charge is 2.12. The van der Waals surface area contributed by atoms with Crippen LogP contribution in [0.4, 0.5) is 11.4 Å². The molecule has 5 nitrogen and oxygen atoms in total. The lowest BCUT2D eigenvalue weighted by Gasteiger charge is -2.28. The van der Waals surface area contributed by atoms with E-state index in [-0.39, 0.29) is 11.8 Å². The van der Waals surface area contributed by atoms with Gasteiger partial charge in [0.2, 0.25) is 0 Å². The van der Waals surface area contributed by atoms with Crippen molar-refractivity contribution in [3.8, 4) is 0 Å². The molecule has 2 aromatic rings. The van der Waals surface area contributed by atoms with E-state index in [0.717, 1.165) is 18.8 Å². The average Bonchev–Trinajstić information content (AvgIpc) is 2.73. The Balaban J connectivity index is 1.59. The average molecular weight is 363 g/mol. The van der Waals surface area contributed by atoms with Crippen LogP contribution in [0, 0.1) is 0 Å². The van der Waals surface area contributed by atoms with Crippen LogP contribution in [0.3, 0.4) is 0 Å². The van der Waals surface area contributed by atoms with Gasteiger partial charge in [-0.1, -0.05) is 6.08 Å². The molecule has 5 heteroatoms. The molecule has 0 atom stereocenters. The molecule has 2 N–H and O–H groups in total. The van der Waals surface area contributed by atoms with Crippen LogP contribution in [0.15, 0.2) is 61.2 Å². The summed E-state index contributed by atoms with van der Waals surface area (Å²) in [4.78, 5) is 26.7. The molecule has 1 aliphatic heterocycles. The second-order valence-electron chi connectivity index (χ2n) is 6.62. The maximum Gasteiger partial charge on any atom is 0.255 e. The van der Waals surface area contributed by atoms with Crippen molar-refractivity contribution >= 4 is 23.2 Å². The number of nitrogens with one attached hydrogen (secondary N) is 2. The van der Waals surface area contributed by atoms with Crippen molar-refractivity contribution in [3.05, 3.63) is 72.3 Å². The van der Waals surface area contributed by atoms with Gasteiger partial charge in [-0.2, -0.15) is 0 Å². The van der Waals surface area contributed by atoms with Crippen molar-refractivity contribution in [3.63, 3.8) is 0 Å². The lowest BCUT2D eigenvalue weighted by atomic mass is 10.1. The molecular weight excluding hydrogens is 338 g/mol. The van der Waals surface area contributed by atoms with E-state index in [0.29, 0.717) is 17.7 Å². The molecule has 0 bridgehead atoms. The second kappa shape index (κ2) is 9.03. The molecule has 0 radical (unpaired) electrons. The molecule has 1 fully saturated rings. The number of hydrogen-bond donors (Lipinski definition) is 2. The zero-order valence-electron chi connectivity index (χ0n) is 15.4. The van der Waals surface area contributed by atoms with Crippen LogP contribution >= 0.6 is 0 Å². The number of piperidine rings is 1. The first-order valence-electron chi connectivity index (χ1n) is 9.33. The molecule has 0 unspecified atom stereocenters. The number of rotatable bonds is 6. The van der Waals surface area contributed by atoms with E-state index in [1.54, 1.807) is 30.3 Å². The predicted molar refractivity (Wildman–Crippen MR) is 109 cm³/mol. The standard InChI is InChI=1S/C22H25N3O2/c1-2-14-23-21(26)17-6-8-18(9-7-17)22(27)24-19-10-12-20(13-11-19)25-15-4-3-5-16-25/h2,6-13H,1,3-5,14-16H2,(H,23,26)(H,24,27). The van der Waals surface area contributed by atoms with E-state index in [2.05, 4.69) is 22.1 Å². The van der Waals surface area contributed by atoms with E-state index < -0.39 is 0 Å².